The molecule has 0 bridgehead atoms. The van der Waals surface area contributed by atoms with E-state index in [2.05, 4.69) is 13.8 Å². The molecule has 0 radical (unpaired) electrons. The first-order chi connectivity index (χ1) is 10.5. The molecular weight excluding hydrogens is 272 g/mol. The highest BCUT2D eigenvalue weighted by Gasteiger charge is 2.60. The average molecular weight is 306 g/mol. The summed E-state index contributed by atoms with van der Waals surface area (Å²) in [7, 11) is 1.92. The van der Waals surface area contributed by atoms with Crippen LogP contribution in [0.4, 0.5) is 0 Å². The van der Waals surface area contributed by atoms with E-state index in [4.69, 9.17) is 4.74 Å². The average Bonchev–Trinajstić information content (AvgIpc) is 2.84. The molecule has 2 heteroatoms. The van der Waals surface area contributed by atoms with Crippen molar-refractivity contribution < 1.29 is 9.84 Å². The Morgan fingerprint density at radius 3 is 2.36 bits per heavy atom. The molecule has 2 nitrogen and oxygen atoms in total. The molecule has 0 heterocycles. The lowest BCUT2D eigenvalue weighted by Gasteiger charge is -2.60. The van der Waals surface area contributed by atoms with Crippen LogP contribution in [0.25, 0.3) is 0 Å². The quantitative estimate of drug-likeness (QED) is 0.778. The number of fused-ring (bicyclic) bond motifs is 5. The topological polar surface area (TPSA) is 29.5 Å². The summed E-state index contributed by atoms with van der Waals surface area (Å²) in [6.45, 7) is 5.10. The van der Waals surface area contributed by atoms with E-state index < -0.39 is 0 Å². The Kier molecular flexibility index (Phi) is 3.66. The highest BCUT2D eigenvalue weighted by Crippen LogP contribution is 2.66. The Morgan fingerprint density at radius 2 is 1.59 bits per heavy atom. The molecule has 0 amide bonds. The second kappa shape index (κ2) is 5.21. The van der Waals surface area contributed by atoms with Crippen molar-refractivity contribution in [3.05, 3.63) is 0 Å². The molecule has 126 valence electrons. The van der Waals surface area contributed by atoms with Crippen molar-refractivity contribution >= 4 is 0 Å². The molecule has 4 saturated carbocycles. The first-order valence-corrected chi connectivity index (χ1v) is 9.70. The lowest BCUT2D eigenvalue weighted by Crippen LogP contribution is -2.54. The van der Waals surface area contributed by atoms with Crippen LogP contribution in [0.2, 0.25) is 0 Å². The first-order valence-electron chi connectivity index (χ1n) is 9.70. The van der Waals surface area contributed by atoms with Gasteiger partial charge in [0.1, 0.15) is 0 Å². The summed E-state index contributed by atoms with van der Waals surface area (Å²) in [5.74, 6) is 3.50. The first kappa shape index (κ1) is 15.4. The Hall–Kier alpha value is -0.0800. The highest BCUT2D eigenvalue weighted by molar-refractivity contribution is 5.09. The Balaban J connectivity index is 1.61. The molecule has 8 atom stereocenters. The van der Waals surface area contributed by atoms with E-state index in [1.807, 2.05) is 7.11 Å². The largest absolute Gasteiger partial charge is 0.393 e. The van der Waals surface area contributed by atoms with E-state index in [9.17, 15) is 5.11 Å². The monoisotopic (exact) mass is 306 g/mol. The summed E-state index contributed by atoms with van der Waals surface area (Å²) < 4.78 is 5.88. The third-order valence-electron chi connectivity index (χ3n) is 8.84. The Bertz CT molecular complexity index is 435. The smallest absolute Gasteiger partial charge is 0.0627 e. The zero-order chi connectivity index (χ0) is 15.5. The van der Waals surface area contributed by atoms with Gasteiger partial charge in [-0.05, 0) is 92.3 Å². The third kappa shape index (κ3) is 1.99. The predicted molar refractivity (Wildman–Crippen MR) is 88.5 cm³/mol. The zero-order valence-corrected chi connectivity index (χ0v) is 14.7. The number of methoxy groups -OCH3 is 1. The fraction of sp³-hybridized carbons (Fsp3) is 1.00. The molecule has 4 fully saturated rings. The second-order valence-corrected chi connectivity index (χ2v) is 9.43. The van der Waals surface area contributed by atoms with Crippen LogP contribution in [0.15, 0.2) is 0 Å². The van der Waals surface area contributed by atoms with Crippen molar-refractivity contribution in [2.45, 2.75) is 83.8 Å². The number of ether oxygens (including phenoxy) is 1. The van der Waals surface area contributed by atoms with Crippen LogP contribution < -0.4 is 0 Å². The molecule has 0 aliphatic heterocycles. The fourth-order valence-electron chi connectivity index (χ4n) is 7.57. The van der Waals surface area contributed by atoms with E-state index in [0.717, 1.165) is 36.5 Å². The van der Waals surface area contributed by atoms with Crippen molar-refractivity contribution in [3.8, 4) is 0 Å². The van der Waals surface area contributed by atoms with Gasteiger partial charge in [0.15, 0.2) is 0 Å². The molecule has 4 rings (SSSR count). The molecule has 0 aromatic heterocycles. The fourth-order valence-corrected chi connectivity index (χ4v) is 7.57. The standard InChI is InChI=1S/C20H34O2/c1-19-10-8-14(21)12-13(19)4-5-15-16-6-7-18(22-3)20(16,2)11-9-17(15)19/h13-18,21H,4-12H2,1-3H3. The molecular formula is C20H34O2. The second-order valence-electron chi connectivity index (χ2n) is 9.43. The molecule has 0 aromatic carbocycles. The van der Waals surface area contributed by atoms with E-state index in [1.54, 1.807) is 0 Å². The molecule has 0 aromatic rings. The van der Waals surface area contributed by atoms with E-state index in [1.165, 1.54) is 44.9 Å². The summed E-state index contributed by atoms with van der Waals surface area (Å²) in [6.07, 6.45) is 12.1. The maximum absolute atomic E-state index is 10.1. The van der Waals surface area contributed by atoms with Crippen LogP contribution in [0, 0.1) is 34.5 Å². The minimum Gasteiger partial charge on any atom is -0.393 e. The summed E-state index contributed by atoms with van der Waals surface area (Å²) in [4.78, 5) is 0. The van der Waals surface area contributed by atoms with Crippen molar-refractivity contribution in [1.29, 1.82) is 0 Å². The van der Waals surface area contributed by atoms with Crippen LogP contribution in [0.1, 0.15) is 71.6 Å². The molecule has 4 aliphatic carbocycles. The van der Waals surface area contributed by atoms with Gasteiger partial charge < -0.3 is 9.84 Å². The minimum absolute atomic E-state index is 0.0205. The Labute approximate surface area is 136 Å². The normalized spacial score (nSPS) is 57.8. The molecule has 0 spiro atoms. The number of rotatable bonds is 1. The van der Waals surface area contributed by atoms with Crippen LogP contribution >= 0.6 is 0 Å². The molecule has 1 N–H and O–H groups in total. The van der Waals surface area contributed by atoms with Gasteiger partial charge >= 0.3 is 0 Å². The summed E-state index contributed by atoms with van der Waals surface area (Å²) in [6, 6.07) is 0. The van der Waals surface area contributed by atoms with Gasteiger partial charge in [-0.25, -0.2) is 0 Å². The summed E-state index contributed by atoms with van der Waals surface area (Å²) in [5, 5.41) is 10.1. The third-order valence-corrected chi connectivity index (χ3v) is 8.84. The van der Waals surface area contributed by atoms with E-state index >= 15 is 0 Å². The van der Waals surface area contributed by atoms with Crippen molar-refractivity contribution in [1.82, 2.24) is 0 Å². The van der Waals surface area contributed by atoms with Gasteiger partial charge in [0.05, 0.1) is 12.2 Å². The van der Waals surface area contributed by atoms with Gasteiger partial charge in [0.2, 0.25) is 0 Å². The van der Waals surface area contributed by atoms with E-state index in [0.29, 0.717) is 16.9 Å². The Morgan fingerprint density at radius 1 is 0.864 bits per heavy atom. The SMILES string of the molecule is COC1CCC2C3CCC4CC(O)CCC4(C)C3CCC12C. The van der Waals surface area contributed by atoms with Crippen LogP contribution in [0.5, 0.6) is 0 Å². The van der Waals surface area contributed by atoms with Gasteiger partial charge in [-0.15, -0.1) is 0 Å². The van der Waals surface area contributed by atoms with Gasteiger partial charge in [-0.2, -0.15) is 0 Å². The molecule has 22 heavy (non-hydrogen) atoms. The van der Waals surface area contributed by atoms with Crippen molar-refractivity contribution in [3.63, 3.8) is 0 Å². The summed E-state index contributed by atoms with van der Waals surface area (Å²) in [5.41, 5.74) is 0.946. The van der Waals surface area contributed by atoms with Gasteiger partial charge in [-0.3, -0.25) is 0 Å². The minimum atomic E-state index is -0.0205. The predicted octanol–water partition coefficient (Wildman–Crippen LogP) is 4.41. The molecule has 0 saturated heterocycles. The van der Waals surface area contributed by atoms with Crippen molar-refractivity contribution in [2.75, 3.05) is 7.11 Å². The van der Waals surface area contributed by atoms with Crippen LogP contribution in [-0.2, 0) is 4.74 Å². The van der Waals surface area contributed by atoms with Gasteiger partial charge in [0, 0.05) is 7.11 Å². The molecule has 4 aliphatic rings. The number of aliphatic hydroxyl groups excluding tert-OH is 1. The van der Waals surface area contributed by atoms with Crippen LogP contribution in [-0.4, -0.2) is 24.4 Å². The van der Waals surface area contributed by atoms with Crippen LogP contribution in [0.3, 0.4) is 0 Å². The maximum atomic E-state index is 10.1. The van der Waals surface area contributed by atoms with Gasteiger partial charge in [-0.1, -0.05) is 13.8 Å². The number of hydrogen-bond donors (Lipinski definition) is 1. The molecule has 8 unspecified atom stereocenters. The maximum Gasteiger partial charge on any atom is 0.0627 e. The summed E-state index contributed by atoms with van der Waals surface area (Å²) >= 11 is 0. The van der Waals surface area contributed by atoms with Gasteiger partial charge in [0.25, 0.3) is 0 Å². The lowest BCUT2D eigenvalue weighted by molar-refractivity contribution is -0.137. The van der Waals surface area contributed by atoms with E-state index in [-0.39, 0.29) is 6.10 Å². The highest BCUT2D eigenvalue weighted by atomic mass is 16.5. The number of aliphatic hydroxyl groups is 1. The lowest BCUT2D eigenvalue weighted by atomic mass is 9.45. The van der Waals surface area contributed by atoms with Crippen molar-refractivity contribution in [2.24, 2.45) is 34.5 Å². The number of hydrogen-bond acceptors (Lipinski definition) is 2. The zero-order valence-electron chi connectivity index (χ0n) is 14.7.